The fraction of sp³-hybridized carbons (Fsp3) is 0.500. The normalized spacial score (nSPS) is 16.4. The highest BCUT2D eigenvalue weighted by molar-refractivity contribution is 6.31. The Morgan fingerprint density at radius 1 is 1.07 bits per heavy atom. The van der Waals surface area contributed by atoms with Crippen molar-refractivity contribution in [2.45, 2.75) is 77.2 Å². The van der Waals surface area contributed by atoms with Gasteiger partial charge in [0.1, 0.15) is 0 Å². The number of Topliss-reactive ketones (excluding diaryl/α,β-unsaturated/α-hetero) is 1. The highest BCUT2D eigenvalue weighted by Gasteiger charge is 2.27. The third-order valence-corrected chi connectivity index (χ3v) is 6.09. The van der Waals surface area contributed by atoms with E-state index in [0.29, 0.717) is 10.6 Å². The number of benzene rings is 2. The summed E-state index contributed by atoms with van der Waals surface area (Å²) in [7, 11) is 0. The smallest absolute Gasteiger partial charge is 0.170 e. The van der Waals surface area contributed by atoms with Gasteiger partial charge >= 0.3 is 0 Å². The van der Waals surface area contributed by atoms with E-state index >= 15 is 0 Å². The molecule has 0 heterocycles. The zero-order chi connectivity index (χ0) is 20.9. The molecule has 1 fully saturated rings. The Labute approximate surface area is 181 Å². The zero-order valence-corrected chi connectivity index (χ0v) is 18.8. The van der Waals surface area contributed by atoms with Crippen LogP contribution in [0, 0.1) is 5.92 Å². The molecular formula is C26H34ClNO. The van der Waals surface area contributed by atoms with Crippen molar-refractivity contribution >= 4 is 23.1 Å². The molecule has 0 radical (unpaired) electrons. The minimum absolute atomic E-state index is 0.0663. The van der Waals surface area contributed by atoms with E-state index in [-0.39, 0.29) is 17.2 Å². The van der Waals surface area contributed by atoms with E-state index in [1.165, 1.54) is 32.1 Å². The Morgan fingerprint density at radius 3 is 2.48 bits per heavy atom. The summed E-state index contributed by atoms with van der Waals surface area (Å²) in [5, 5.41) is 4.22. The maximum Gasteiger partial charge on any atom is 0.170 e. The number of ketones is 1. The van der Waals surface area contributed by atoms with Gasteiger partial charge in [0.2, 0.25) is 0 Å². The fourth-order valence-corrected chi connectivity index (χ4v) is 4.66. The molecule has 156 valence electrons. The van der Waals surface area contributed by atoms with Gasteiger partial charge < -0.3 is 5.32 Å². The Bertz CT molecular complexity index is 817. The van der Waals surface area contributed by atoms with Crippen LogP contribution in [0.2, 0.25) is 5.02 Å². The Balaban J connectivity index is 1.91. The van der Waals surface area contributed by atoms with E-state index in [4.69, 9.17) is 11.6 Å². The molecule has 1 unspecified atom stereocenters. The fourth-order valence-electron chi connectivity index (χ4n) is 4.47. The van der Waals surface area contributed by atoms with Crippen molar-refractivity contribution in [2.24, 2.45) is 5.92 Å². The number of halogens is 1. The van der Waals surface area contributed by atoms with Gasteiger partial charge in [-0.25, -0.2) is 0 Å². The average molecular weight is 412 g/mol. The first kappa shape index (κ1) is 21.9. The summed E-state index contributed by atoms with van der Waals surface area (Å²) in [5.41, 5.74) is 2.80. The van der Waals surface area contributed by atoms with Crippen LogP contribution in [-0.4, -0.2) is 11.3 Å². The predicted molar refractivity (Wildman–Crippen MR) is 124 cm³/mol. The lowest BCUT2D eigenvalue weighted by atomic mass is 9.80. The average Bonchev–Trinajstić information content (AvgIpc) is 2.69. The largest absolute Gasteiger partial charge is 0.380 e. The lowest BCUT2D eigenvalue weighted by molar-refractivity contribution is 0.0950. The Morgan fingerprint density at radius 2 is 1.79 bits per heavy atom. The van der Waals surface area contributed by atoms with Gasteiger partial charge in [0.05, 0.1) is 0 Å². The van der Waals surface area contributed by atoms with Gasteiger partial charge in [-0.3, -0.25) is 4.79 Å². The number of anilines is 1. The van der Waals surface area contributed by atoms with Crippen molar-refractivity contribution in [3.8, 4) is 0 Å². The van der Waals surface area contributed by atoms with Crippen LogP contribution in [-0.2, 0) is 0 Å². The summed E-state index contributed by atoms with van der Waals surface area (Å²) in [4.78, 5) is 13.6. The summed E-state index contributed by atoms with van der Waals surface area (Å²) in [6.45, 7) is 6.46. The second kappa shape index (κ2) is 9.80. The molecule has 29 heavy (non-hydrogen) atoms. The molecule has 0 amide bonds. The van der Waals surface area contributed by atoms with Crippen LogP contribution in [0.3, 0.4) is 0 Å². The number of rotatable bonds is 7. The summed E-state index contributed by atoms with van der Waals surface area (Å²) in [6, 6.07) is 15.7. The van der Waals surface area contributed by atoms with E-state index in [2.05, 4.69) is 38.2 Å². The number of carbonyl (C=O) groups is 1. The molecule has 0 bridgehead atoms. The maximum atomic E-state index is 13.6. The minimum Gasteiger partial charge on any atom is -0.380 e. The molecule has 3 heteroatoms. The van der Waals surface area contributed by atoms with Gasteiger partial charge in [-0.15, -0.1) is 0 Å². The number of carbonyl (C=O) groups excluding carboxylic acids is 1. The lowest BCUT2D eigenvalue weighted by Gasteiger charge is -2.28. The molecular weight excluding hydrogens is 378 g/mol. The number of hydrogen-bond acceptors (Lipinski definition) is 2. The van der Waals surface area contributed by atoms with E-state index in [0.717, 1.165) is 30.0 Å². The monoisotopic (exact) mass is 411 g/mol. The van der Waals surface area contributed by atoms with E-state index < -0.39 is 0 Å². The van der Waals surface area contributed by atoms with Crippen molar-refractivity contribution in [3.05, 3.63) is 64.7 Å². The van der Waals surface area contributed by atoms with Crippen LogP contribution in [0.25, 0.3) is 0 Å². The van der Waals surface area contributed by atoms with Gasteiger partial charge in [-0.05, 0) is 63.3 Å². The van der Waals surface area contributed by atoms with E-state index in [1.807, 2.05) is 30.3 Å². The third kappa shape index (κ3) is 6.34. The molecule has 0 aliphatic heterocycles. The Hall–Kier alpha value is -1.80. The molecule has 1 aliphatic rings. The summed E-state index contributed by atoms with van der Waals surface area (Å²) < 4.78 is 0. The van der Waals surface area contributed by atoms with Crippen molar-refractivity contribution in [3.63, 3.8) is 0 Å². The van der Waals surface area contributed by atoms with Gasteiger partial charge in [0.25, 0.3) is 0 Å². The molecule has 1 saturated carbocycles. The third-order valence-electron chi connectivity index (χ3n) is 5.86. The summed E-state index contributed by atoms with van der Waals surface area (Å²) in [6.07, 6.45) is 8.64. The molecule has 0 saturated heterocycles. The second-order valence-corrected chi connectivity index (χ2v) is 9.91. The number of para-hydroxylation sites is 1. The SMILES string of the molecule is CC(C)(C)Nc1ccccc1C(CCC1CCCCC1)C(=O)c1cccc(Cl)c1. The van der Waals surface area contributed by atoms with Crippen molar-refractivity contribution in [1.82, 2.24) is 0 Å². The number of nitrogens with one attached hydrogen (secondary N) is 1. The molecule has 0 aromatic heterocycles. The van der Waals surface area contributed by atoms with Crippen LogP contribution in [0.4, 0.5) is 5.69 Å². The van der Waals surface area contributed by atoms with Crippen molar-refractivity contribution in [2.75, 3.05) is 5.32 Å². The molecule has 2 aromatic rings. The van der Waals surface area contributed by atoms with Crippen LogP contribution in [0.15, 0.2) is 48.5 Å². The molecule has 3 rings (SSSR count). The maximum absolute atomic E-state index is 13.6. The first-order valence-corrected chi connectivity index (χ1v) is 11.4. The van der Waals surface area contributed by atoms with E-state index in [1.54, 1.807) is 6.07 Å². The van der Waals surface area contributed by atoms with Gasteiger partial charge in [-0.1, -0.05) is 74.0 Å². The van der Waals surface area contributed by atoms with Gasteiger partial charge in [0.15, 0.2) is 5.78 Å². The Kier molecular flexibility index (Phi) is 7.40. The predicted octanol–water partition coefficient (Wildman–Crippen LogP) is 7.88. The zero-order valence-electron chi connectivity index (χ0n) is 18.0. The molecule has 0 spiro atoms. The topological polar surface area (TPSA) is 29.1 Å². The minimum atomic E-state index is -0.151. The second-order valence-electron chi connectivity index (χ2n) is 9.47. The first-order valence-electron chi connectivity index (χ1n) is 11.0. The van der Waals surface area contributed by atoms with Crippen LogP contribution in [0.5, 0.6) is 0 Å². The van der Waals surface area contributed by atoms with Crippen molar-refractivity contribution in [1.29, 1.82) is 0 Å². The molecule has 2 aromatic carbocycles. The highest BCUT2D eigenvalue weighted by atomic mass is 35.5. The van der Waals surface area contributed by atoms with Crippen molar-refractivity contribution < 1.29 is 4.79 Å². The highest BCUT2D eigenvalue weighted by Crippen LogP contribution is 2.36. The van der Waals surface area contributed by atoms with Gasteiger partial charge in [0, 0.05) is 27.7 Å². The molecule has 1 N–H and O–H groups in total. The number of hydrogen-bond donors (Lipinski definition) is 1. The van der Waals surface area contributed by atoms with Crippen LogP contribution >= 0.6 is 11.6 Å². The molecule has 2 nitrogen and oxygen atoms in total. The van der Waals surface area contributed by atoms with E-state index in [9.17, 15) is 4.79 Å². The summed E-state index contributed by atoms with van der Waals surface area (Å²) in [5.74, 6) is 0.772. The summed E-state index contributed by atoms with van der Waals surface area (Å²) >= 11 is 6.19. The quantitative estimate of drug-likeness (QED) is 0.469. The molecule has 1 aliphatic carbocycles. The van der Waals surface area contributed by atoms with Crippen LogP contribution < -0.4 is 5.32 Å². The standard InChI is InChI=1S/C26H34ClNO/c1-26(2,3)28-24-15-8-7-14-22(24)23(17-16-19-10-5-4-6-11-19)25(29)20-12-9-13-21(27)18-20/h7-9,12-15,18-19,23,28H,4-6,10-11,16-17H2,1-3H3. The van der Waals surface area contributed by atoms with Crippen LogP contribution in [0.1, 0.15) is 87.6 Å². The molecule has 1 atom stereocenters. The lowest BCUT2D eigenvalue weighted by Crippen LogP contribution is -2.27. The van der Waals surface area contributed by atoms with Gasteiger partial charge in [-0.2, -0.15) is 0 Å². The first-order chi connectivity index (χ1) is 13.8.